The highest BCUT2D eigenvalue weighted by Gasteiger charge is 2.19. The third-order valence-electron chi connectivity index (χ3n) is 3.62. The Kier molecular flexibility index (Phi) is 2.91. The van der Waals surface area contributed by atoms with E-state index in [0.717, 1.165) is 44.3 Å². The van der Waals surface area contributed by atoms with E-state index >= 15 is 0 Å². The standard InChI is InChI=1S/C12H19N3O/c1-2-6-15-12(3-1)13-11(14-15)9-10-4-7-16-8-5-10/h10H,1-9H2. The van der Waals surface area contributed by atoms with Crippen molar-refractivity contribution in [2.24, 2.45) is 5.92 Å². The fourth-order valence-electron chi connectivity index (χ4n) is 2.63. The van der Waals surface area contributed by atoms with Crippen molar-refractivity contribution in [3.63, 3.8) is 0 Å². The van der Waals surface area contributed by atoms with Gasteiger partial charge in [0, 0.05) is 32.6 Å². The molecule has 4 nitrogen and oxygen atoms in total. The monoisotopic (exact) mass is 221 g/mol. The summed E-state index contributed by atoms with van der Waals surface area (Å²) in [6, 6.07) is 0. The lowest BCUT2D eigenvalue weighted by Gasteiger charge is -2.20. The molecule has 88 valence electrons. The summed E-state index contributed by atoms with van der Waals surface area (Å²) in [4.78, 5) is 4.66. The molecule has 0 radical (unpaired) electrons. The van der Waals surface area contributed by atoms with E-state index in [1.165, 1.54) is 31.5 Å². The first-order valence-corrected chi connectivity index (χ1v) is 6.42. The molecule has 4 heteroatoms. The molecule has 1 aromatic heterocycles. The maximum absolute atomic E-state index is 5.37. The van der Waals surface area contributed by atoms with Crippen LogP contribution in [-0.4, -0.2) is 28.0 Å². The summed E-state index contributed by atoms with van der Waals surface area (Å²) >= 11 is 0. The van der Waals surface area contributed by atoms with Gasteiger partial charge in [-0.05, 0) is 31.6 Å². The van der Waals surface area contributed by atoms with Crippen LogP contribution in [0.15, 0.2) is 0 Å². The first-order chi connectivity index (χ1) is 7.92. The molecule has 0 N–H and O–H groups in total. The maximum atomic E-state index is 5.37. The molecule has 1 fully saturated rings. The highest BCUT2D eigenvalue weighted by Crippen LogP contribution is 2.20. The molecular weight excluding hydrogens is 202 g/mol. The first-order valence-electron chi connectivity index (χ1n) is 6.42. The Morgan fingerprint density at radius 3 is 2.94 bits per heavy atom. The number of ether oxygens (including phenoxy) is 1. The van der Waals surface area contributed by atoms with Crippen LogP contribution in [0.1, 0.15) is 37.3 Å². The Bertz CT molecular complexity index is 332. The molecule has 0 atom stereocenters. The van der Waals surface area contributed by atoms with Gasteiger partial charge in [0.25, 0.3) is 0 Å². The van der Waals surface area contributed by atoms with Crippen LogP contribution in [0.25, 0.3) is 0 Å². The fraction of sp³-hybridized carbons (Fsp3) is 0.833. The summed E-state index contributed by atoms with van der Waals surface area (Å²) in [7, 11) is 0. The Morgan fingerprint density at radius 2 is 2.12 bits per heavy atom. The van der Waals surface area contributed by atoms with Crippen molar-refractivity contribution < 1.29 is 4.74 Å². The Morgan fingerprint density at radius 1 is 1.25 bits per heavy atom. The summed E-state index contributed by atoms with van der Waals surface area (Å²) < 4.78 is 7.48. The lowest BCUT2D eigenvalue weighted by Crippen LogP contribution is -2.18. The van der Waals surface area contributed by atoms with Gasteiger partial charge in [-0.2, -0.15) is 5.10 Å². The van der Waals surface area contributed by atoms with Gasteiger partial charge in [-0.3, -0.25) is 0 Å². The molecule has 0 unspecified atom stereocenters. The highest BCUT2D eigenvalue weighted by molar-refractivity contribution is 4.97. The minimum absolute atomic E-state index is 0.734. The lowest BCUT2D eigenvalue weighted by atomic mass is 9.96. The summed E-state index contributed by atoms with van der Waals surface area (Å²) in [6.07, 6.45) is 7.03. The molecule has 0 spiro atoms. The first kappa shape index (κ1) is 10.3. The van der Waals surface area contributed by atoms with E-state index in [2.05, 4.69) is 14.8 Å². The molecule has 3 heterocycles. The maximum Gasteiger partial charge on any atom is 0.151 e. The smallest absolute Gasteiger partial charge is 0.151 e. The van der Waals surface area contributed by atoms with Crippen molar-refractivity contribution >= 4 is 0 Å². The topological polar surface area (TPSA) is 39.9 Å². The Hall–Kier alpha value is -0.900. The zero-order chi connectivity index (χ0) is 10.8. The molecular formula is C12H19N3O. The second kappa shape index (κ2) is 4.53. The Labute approximate surface area is 96.0 Å². The van der Waals surface area contributed by atoms with Gasteiger partial charge in [0.15, 0.2) is 5.82 Å². The molecule has 0 aromatic carbocycles. The van der Waals surface area contributed by atoms with Gasteiger partial charge in [-0.25, -0.2) is 9.67 Å². The van der Waals surface area contributed by atoms with E-state index in [1.54, 1.807) is 0 Å². The van der Waals surface area contributed by atoms with Crippen LogP contribution in [0.3, 0.4) is 0 Å². The lowest BCUT2D eigenvalue weighted by molar-refractivity contribution is 0.0659. The molecule has 1 aromatic rings. The SMILES string of the molecule is C1CCn2nc(CC3CCOCC3)nc2C1. The third kappa shape index (κ3) is 2.12. The van der Waals surface area contributed by atoms with Crippen LogP contribution in [0, 0.1) is 5.92 Å². The molecule has 1 saturated heterocycles. The normalized spacial score (nSPS) is 22.0. The van der Waals surface area contributed by atoms with Crippen LogP contribution >= 0.6 is 0 Å². The summed E-state index contributed by atoms with van der Waals surface area (Å²) in [6.45, 7) is 2.90. The second-order valence-corrected chi connectivity index (χ2v) is 4.88. The minimum atomic E-state index is 0.734. The van der Waals surface area contributed by atoms with Crippen LogP contribution in [-0.2, 0) is 24.1 Å². The van der Waals surface area contributed by atoms with Gasteiger partial charge in [0.2, 0.25) is 0 Å². The molecule has 16 heavy (non-hydrogen) atoms. The molecule has 2 aliphatic heterocycles. The molecule has 3 rings (SSSR count). The minimum Gasteiger partial charge on any atom is -0.381 e. The van der Waals surface area contributed by atoms with Crippen LogP contribution in [0.2, 0.25) is 0 Å². The predicted octanol–water partition coefficient (Wildman–Crippen LogP) is 1.58. The Balaban J connectivity index is 1.67. The van der Waals surface area contributed by atoms with Crippen molar-refractivity contribution in [1.29, 1.82) is 0 Å². The van der Waals surface area contributed by atoms with E-state index < -0.39 is 0 Å². The van der Waals surface area contributed by atoms with Gasteiger partial charge in [0.05, 0.1) is 0 Å². The fourth-order valence-corrected chi connectivity index (χ4v) is 2.63. The van der Waals surface area contributed by atoms with Crippen molar-refractivity contribution in [3.05, 3.63) is 11.6 Å². The van der Waals surface area contributed by atoms with Gasteiger partial charge in [-0.15, -0.1) is 0 Å². The van der Waals surface area contributed by atoms with E-state index in [9.17, 15) is 0 Å². The average Bonchev–Trinajstić information content (AvgIpc) is 2.72. The zero-order valence-corrected chi connectivity index (χ0v) is 9.69. The van der Waals surface area contributed by atoms with E-state index in [1.807, 2.05) is 0 Å². The van der Waals surface area contributed by atoms with E-state index in [-0.39, 0.29) is 0 Å². The third-order valence-corrected chi connectivity index (χ3v) is 3.62. The molecule has 0 saturated carbocycles. The molecule has 0 amide bonds. The number of hydrogen-bond donors (Lipinski definition) is 0. The van der Waals surface area contributed by atoms with E-state index in [4.69, 9.17) is 4.74 Å². The number of hydrogen-bond acceptors (Lipinski definition) is 3. The number of aryl methyl sites for hydroxylation is 2. The van der Waals surface area contributed by atoms with Crippen LogP contribution in [0.4, 0.5) is 0 Å². The van der Waals surface area contributed by atoms with Crippen molar-refractivity contribution in [1.82, 2.24) is 14.8 Å². The molecule has 0 aliphatic carbocycles. The number of rotatable bonds is 2. The number of fused-ring (bicyclic) bond motifs is 1. The zero-order valence-electron chi connectivity index (χ0n) is 9.69. The van der Waals surface area contributed by atoms with Crippen LogP contribution < -0.4 is 0 Å². The van der Waals surface area contributed by atoms with Gasteiger partial charge >= 0.3 is 0 Å². The van der Waals surface area contributed by atoms with Crippen molar-refractivity contribution in [2.45, 2.75) is 45.1 Å². The number of aromatic nitrogens is 3. The van der Waals surface area contributed by atoms with Gasteiger partial charge in [0.1, 0.15) is 5.82 Å². The summed E-state index contributed by atoms with van der Waals surface area (Å²) in [5, 5.41) is 4.61. The molecule has 0 bridgehead atoms. The predicted molar refractivity (Wildman–Crippen MR) is 60.2 cm³/mol. The summed E-state index contributed by atoms with van der Waals surface area (Å²) in [5.74, 6) is 3.00. The quantitative estimate of drug-likeness (QED) is 0.761. The van der Waals surface area contributed by atoms with Crippen molar-refractivity contribution in [3.8, 4) is 0 Å². The van der Waals surface area contributed by atoms with Crippen LogP contribution in [0.5, 0.6) is 0 Å². The largest absolute Gasteiger partial charge is 0.381 e. The molecule has 2 aliphatic rings. The second-order valence-electron chi connectivity index (χ2n) is 4.88. The highest BCUT2D eigenvalue weighted by atomic mass is 16.5. The number of nitrogens with zero attached hydrogens (tertiary/aromatic N) is 3. The van der Waals surface area contributed by atoms with E-state index in [0.29, 0.717) is 0 Å². The summed E-state index contributed by atoms with van der Waals surface area (Å²) in [5.41, 5.74) is 0. The van der Waals surface area contributed by atoms with Gasteiger partial charge in [-0.1, -0.05) is 0 Å². The van der Waals surface area contributed by atoms with Gasteiger partial charge < -0.3 is 4.74 Å². The average molecular weight is 221 g/mol. The van der Waals surface area contributed by atoms with Crippen molar-refractivity contribution in [2.75, 3.05) is 13.2 Å².